The summed E-state index contributed by atoms with van der Waals surface area (Å²) in [4.78, 5) is 10.5. The first-order chi connectivity index (χ1) is 25.5. The van der Waals surface area contributed by atoms with Crippen molar-refractivity contribution in [1.29, 1.82) is 0 Å². The fourth-order valence-corrected chi connectivity index (χ4v) is 11.3. The Morgan fingerprint density at radius 2 is 1.06 bits per heavy atom. The molecule has 0 unspecified atom stereocenters. The Morgan fingerprint density at radius 1 is 0.648 bits per heavy atom. The number of allylic oxidation sites excluding steroid dienone is 2. The number of benzene rings is 2. The molecule has 5 rings (SSSR count). The van der Waals surface area contributed by atoms with Crippen LogP contribution in [0.3, 0.4) is 0 Å². The van der Waals surface area contributed by atoms with Crippen LogP contribution in [0.2, 0.25) is 0 Å². The summed E-state index contributed by atoms with van der Waals surface area (Å²) in [5.41, 5.74) is 7.38. The first kappa shape index (κ1) is 45.2. The Labute approximate surface area is 351 Å². The summed E-state index contributed by atoms with van der Waals surface area (Å²) >= 11 is 0. The Hall–Kier alpha value is -1.52. The topological polar surface area (TPSA) is 75.7 Å². The molecule has 2 aromatic carbocycles. The molecule has 3 aliphatic rings. The Kier molecular flexibility index (Phi) is 18.3. The third-order valence-corrected chi connectivity index (χ3v) is 14.4. The fraction of sp³-hybridized carbons (Fsp3) is 0.681. The van der Waals surface area contributed by atoms with Gasteiger partial charge in [-0.05, 0) is 106 Å². The standard InChI is InChI=1S/C47H71O5P.Na/c1-37-32-39-36-40-33-38(2)35-42(47(4)29-23-19-24-30-47)45(40)52-53(50,51-44(39)41(34-37)46(3)27-21-18-22-28-46)31-25-17-15-13-11-9-7-5-6-8-10-12-14-16-20-26-43(48)49;/h5-6,32-35H,7-31,36H2,1-4H3,(H,48,49);/q;+1/p-1/b6-5-;. The Morgan fingerprint density at radius 3 is 1.50 bits per heavy atom. The van der Waals surface area contributed by atoms with Gasteiger partial charge >= 0.3 is 37.2 Å². The molecule has 294 valence electrons. The molecule has 0 atom stereocenters. The van der Waals surface area contributed by atoms with Gasteiger partial charge in [0.25, 0.3) is 0 Å². The van der Waals surface area contributed by atoms with Crippen molar-refractivity contribution in [1.82, 2.24) is 0 Å². The molecule has 0 radical (unpaired) electrons. The van der Waals surface area contributed by atoms with Gasteiger partial charge in [-0.15, -0.1) is 0 Å². The van der Waals surface area contributed by atoms with Crippen molar-refractivity contribution in [3.63, 3.8) is 0 Å². The maximum Gasteiger partial charge on any atom is 1.00 e. The fourth-order valence-electron chi connectivity index (χ4n) is 9.44. The summed E-state index contributed by atoms with van der Waals surface area (Å²) in [7, 11) is -3.52. The summed E-state index contributed by atoms with van der Waals surface area (Å²) in [6, 6.07) is 9.22. The van der Waals surface area contributed by atoms with E-state index in [9.17, 15) is 9.90 Å². The van der Waals surface area contributed by atoms with Crippen LogP contribution in [-0.4, -0.2) is 12.1 Å². The molecule has 1 heterocycles. The van der Waals surface area contributed by atoms with E-state index >= 15 is 4.57 Å². The molecule has 1 aliphatic heterocycles. The number of carbonyl (C=O) groups excluding carboxylic acids is 1. The number of carboxylic acid groups (broad SMARTS) is 1. The number of hydrogen-bond acceptors (Lipinski definition) is 5. The largest absolute Gasteiger partial charge is 1.00 e. The smallest absolute Gasteiger partial charge is 0.550 e. The van der Waals surface area contributed by atoms with Crippen LogP contribution in [0, 0.1) is 13.8 Å². The van der Waals surface area contributed by atoms with Crippen molar-refractivity contribution >= 4 is 13.6 Å². The van der Waals surface area contributed by atoms with E-state index < -0.39 is 13.6 Å². The molecule has 0 spiro atoms. The summed E-state index contributed by atoms with van der Waals surface area (Å²) in [5, 5.41) is 10.5. The van der Waals surface area contributed by atoms with Crippen LogP contribution >= 0.6 is 7.60 Å². The predicted molar refractivity (Wildman–Crippen MR) is 219 cm³/mol. The zero-order valence-corrected chi connectivity index (χ0v) is 37.7. The Bertz CT molecular complexity index is 1480. The number of carboxylic acids is 1. The van der Waals surface area contributed by atoms with Crippen molar-refractivity contribution in [3.05, 3.63) is 69.8 Å². The van der Waals surface area contributed by atoms with Gasteiger partial charge in [0.05, 0.1) is 6.16 Å². The van der Waals surface area contributed by atoms with Crippen molar-refractivity contribution in [2.45, 2.75) is 199 Å². The molecule has 0 bridgehead atoms. The minimum absolute atomic E-state index is 0. The zero-order chi connectivity index (χ0) is 37.7. The third kappa shape index (κ3) is 13.0. The number of aryl methyl sites for hydroxylation is 2. The average molecular weight is 769 g/mol. The number of carbonyl (C=O) groups is 1. The minimum Gasteiger partial charge on any atom is -0.550 e. The van der Waals surface area contributed by atoms with E-state index in [2.05, 4.69) is 64.1 Å². The van der Waals surface area contributed by atoms with Gasteiger partial charge in [-0.25, -0.2) is 4.57 Å². The third-order valence-electron chi connectivity index (χ3n) is 12.6. The van der Waals surface area contributed by atoms with E-state index in [4.69, 9.17) is 9.05 Å². The van der Waals surface area contributed by atoms with Gasteiger partial charge in [-0.2, -0.15) is 0 Å². The number of fused-ring (bicyclic) bond motifs is 2. The molecule has 0 aromatic heterocycles. The van der Waals surface area contributed by atoms with E-state index in [1.807, 2.05) is 0 Å². The normalized spacial score (nSPS) is 18.7. The van der Waals surface area contributed by atoms with Crippen LogP contribution in [0.15, 0.2) is 36.4 Å². The van der Waals surface area contributed by atoms with E-state index in [0.29, 0.717) is 6.16 Å². The molecule has 0 N–H and O–H groups in total. The quantitative estimate of drug-likeness (QED) is 0.0616. The van der Waals surface area contributed by atoms with Crippen molar-refractivity contribution in [2.75, 3.05) is 6.16 Å². The average Bonchev–Trinajstić information content (AvgIpc) is 3.11. The summed E-state index contributed by atoms with van der Waals surface area (Å²) in [6.45, 7) is 9.23. The number of rotatable bonds is 19. The molecular formula is C47H70NaO5P. The molecule has 2 aromatic rings. The van der Waals surface area contributed by atoms with Gasteiger partial charge in [0.2, 0.25) is 0 Å². The van der Waals surface area contributed by atoms with Gasteiger partial charge in [0, 0.05) is 23.5 Å². The zero-order valence-electron chi connectivity index (χ0n) is 34.8. The minimum atomic E-state index is -3.52. The number of unbranched alkanes of at least 4 members (excludes halogenated alkanes) is 11. The molecule has 0 amide bonds. The second kappa shape index (κ2) is 21.9. The first-order valence-electron chi connectivity index (χ1n) is 21.6. The van der Waals surface area contributed by atoms with Gasteiger partial charge in [-0.1, -0.05) is 145 Å². The van der Waals surface area contributed by atoms with Crippen LogP contribution in [0.4, 0.5) is 0 Å². The van der Waals surface area contributed by atoms with Crippen molar-refractivity contribution in [2.24, 2.45) is 0 Å². The number of aliphatic carboxylic acids is 1. The summed E-state index contributed by atoms with van der Waals surface area (Å²) in [5.74, 6) is 0.766. The molecule has 2 aliphatic carbocycles. The van der Waals surface area contributed by atoms with Gasteiger partial charge in [-0.3, -0.25) is 0 Å². The van der Waals surface area contributed by atoms with E-state index in [-0.39, 0.29) is 46.8 Å². The monoisotopic (exact) mass is 768 g/mol. The molecule has 0 saturated heterocycles. The molecule has 2 fully saturated rings. The molecule has 54 heavy (non-hydrogen) atoms. The van der Waals surface area contributed by atoms with Crippen molar-refractivity contribution in [3.8, 4) is 11.5 Å². The molecule has 5 nitrogen and oxygen atoms in total. The molecule has 2 saturated carbocycles. The maximum absolute atomic E-state index is 15.3. The van der Waals surface area contributed by atoms with Gasteiger partial charge in [0.15, 0.2) is 0 Å². The first-order valence-corrected chi connectivity index (χ1v) is 23.3. The SMILES string of the molecule is Cc1cc2c(c(C3(C)CCCCC3)c1)OP(=O)(CCCCCCCC/C=C\CCCCCCCC(=O)[O-])Oc1c(cc(C)cc1C1(C)CCCCC1)C2.[Na+]. The van der Waals surface area contributed by atoms with Gasteiger partial charge < -0.3 is 18.9 Å². The van der Waals surface area contributed by atoms with Gasteiger partial charge in [0.1, 0.15) is 11.5 Å². The van der Waals surface area contributed by atoms with E-state index in [1.165, 1.54) is 104 Å². The van der Waals surface area contributed by atoms with Crippen LogP contribution in [0.5, 0.6) is 11.5 Å². The van der Waals surface area contributed by atoms with Crippen LogP contribution < -0.4 is 43.7 Å². The van der Waals surface area contributed by atoms with Crippen molar-refractivity contribution < 1.29 is 53.1 Å². The van der Waals surface area contributed by atoms with Crippen LogP contribution in [0.1, 0.15) is 201 Å². The van der Waals surface area contributed by atoms with Crippen LogP contribution in [-0.2, 0) is 26.6 Å². The summed E-state index contributed by atoms with van der Waals surface area (Å²) < 4.78 is 29.1. The second-order valence-electron chi connectivity index (χ2n) is 17.6. The predicted octanol–water partition coefficient (Wildman–Crippen LogP) is 10.1. The summed E-state index contributed by atoms with van der Waals surface area (Å²) in [6.07, 6.45) is 32.1. The maximum atomic E-state index is 15.3. The molecule has 7 heteroatoms. The van der Waals surface area contributed by atoms with E-state index in [1.54, 1.807) is 0 Å². The number of hydrogen-bond donors (Lipinski definition) is 0. The molecular weight excluding hydrogens is 698 g/mol. The second-order valence-corrected chi connectivity index (χ2v) is 19.6. The Balaban J connectivity index is 0.00000650. The van der Waals surface area contributed by atoms with Crippen LogP contribution in [0.25, 0.3) is 0 Å². The van der Waals surface area contributed by atoms with E-state index in [0.717, 1.165) is 95.0 Å².